The summed E-state index contributed by atoms with van der Waals surface area (Å²) in [6, 6.07) is 6.06. The molecule has 33 heavy (non-hydrogen) atoms. The van der Waals surface area contributed by atoms with Crippen molar-refractivity contribution in [2.75, 3.05) is 57.8 Å². The third-order valence-corrected chi connectivity index (χ3v) is 7.17. The van der Waals surface area contributed by atoms with Gasteiger partial charge in [-0.05, 0) is 31.1 Å². The summed E-state index contributed by atoms with van der Waals surface area (Å²) in [7, 11) is 4.00. The van der Waals surface area contributed by atoms with Crippen molar-refractivity contribution in [2.45, 2.75) is 25.7 Å². The fourth-order valence-corrected chi connectivity index (χ4v) is 4.80. The summed E-state index contributed by atoms with van der Waals surface area (Å²) in [5.74, 6) is 0.285. The molecule has 1 N–H and O–H groups in total. The van der Waals surface area contributed by atoms with E-state index >= 15 is 0 Å². The van der Waals surface area contributed by atoms with Crippen LogP contribution in [0.15, 0.2) is 23.9 Å². The van der Waals surface area contributed by atoms with Gasteiger partial charge in [0.05, 0.1) is 29.7 Å². The molecular weight excluding hydrogens is 480 g/mol. The molecule has 0 radical (unpaired) electrons. The molecule has 0 spiro atoms. The van der Waals surface area contributed by atoms with Crippen molar-refractivity contribution in [1.29, 1.82) is 5.26 Å². The number of alkyl halides is 1. The number of carbonyl (C=O) groups excluding carboxylic acids is 1. The number of unbranched alkanes of at least 4 members (excludes halogenated alkanes) is 3. The van der Waals surface area contributed by atoms with Gasteiger partial charge < -0.3 is 19.7 Å². The number of thiazole rings is 1. The molecule has 0 aromatic carbocycles. The predicted octanol–water partition coefficient (Wildman–Crippen LogP) is 4.79. The van der Waals surface area contributed by atoms with Crippen LogP contribution < -0.4 is 10.2 Å². The SMILES string of the molecule is CN(C)c1ccc(-c2cnc(/C=C(\C#N)C(=O)NCCOCCOCCCCCCCl)s2)s1. The van der Waals surface area contributed by atoms with Gasteiger partial charge in [0, 0.05) is 44.2 Å². The topological polar surface area (TPSA) is 87.5 Å². The van der Waals surface area contributed by atoms with Crippen molar-refractivity contribution in [3.05, 3.63) is 28.9 Å². The number of nitriles is 1. The van der Waals surface area contributed by atoms with E-state index in [1.54, 1.807) is 17.5 Å². The van der Waals surface area contributed by atoms with Gasteiger partial charge in [-0.3, -0.25) is 4.79 Å². The molecular formula is C23H31ClN4O3S2. The number of carbonyl (C=O) groups is 1. The Morgan fingerprint density at radius 3 is 2.58 bits per heavy atom. The molecule has 0 aliphatic rings. The van der Waals surface area contributed by atoms with Crippen molar-refractivity contribution in [3.8, 4) is 15.8 Å². The standard InChI is InChI=1S/C23H31ClN4O3S2/c1-28(2)22-8-7-19(33-22)20-17-27-21(32-20)15-18(16-25)23(29)26-10-12-31-14-13-30-11-6-4-3-5-9-24/h7-8,15,17H,3-6,9-14H2,1-2H3,(H,26,29)/b18-15+. The zero-order valence-electron chi connectivity index (χ0n) is 19.1. The maximum Gasteiger partial charge on any atom is 0.262 e. The zero-order valence-corrected chi connectivity index (χ0v) is 21.5. The molecule has 0 saturated heterocycles. The summed E-state index contributed by atoms with van der Waals surface area (Å²) in [6.45, 7) is 2.40. The third-order valence-electron chi connectivity index (χ3n) is 4.51. The van der Waals surface area contributed by atoms with Crippen LogP contribution in [-0.2, 0) is 14.3 Å². The molecule has 0 bridgehead atoms. The highest BCUT2D eigenvalue weighted by Gasteiger charge is 2.12. The second-order valence-electron chi connectivity index (χ2n) is 7.35. The fourth-order valence-electron chi connectivity index (χ4n) is 2.75. The second-order valence-corrected chi connectivity index (χ2v) is 9.85. The first kappa shape index (κ1) is 27.3. The van der Waals surface area contributed by atoms with Gasteiger partial charge in [-0.2, -0.15) is 5.26 Å². The zero-order chi connectivity index (χ0) is 23.9. The smallest absolute Gasteiger partial charge is 0.262 e. The van der Waals surface area contributed by atoms with Crippen LogP contribution in [0.1, 0.15) is 30.7 Å². The first-order valence-electron chi connectivity index (χ1n) is 10.9. The fraction of sp³-hybridized carbons (Fsp3) is 0.522. The maximum absolute atomic E-state index is 12.3. The Labute approximate surface area is 209 Å². The number of thiophene rings is 1. The number of nitrogens with one attached hydrogen (secondary N) is 1. The van der Waals surface area contributed by atoms with E-state index in [4.69, 9.17) is 21.1 Å². The Hall–Kier alpha value is -1.96. The van der Waals surface area contributed by atoms with Gasteiger partial charge in [0.2, 0.25) is 0 Å². The molecule has 10 heteroatoms. The highest BCUT2D eigenvalue weighted by Crippen LogP contribution is 2.36. The second kappa shape index (κ2) is 15.8. The van der Waals surface area contributed by atoms with Crippen LogP contribution in [0.25, 0.3) is 15.8 Å². The lowest BCUT2D eigenvalue weighted by Gasteiger charge is -2.07. The van der Waals surface area contributed by atoms with Gasteiger partial charge >= 0.3 is 0 Å². The van der Waals surface area contributed by atoms with Crippen molar-refractivity contribution < 1.29 is 14.3 Å². The molecule has 1 amide bonds. The molecule has 2 aromatic rings. The van der Waals surface area contributed by atoms with Crippen molar-refractivity contribution in [2.24, 2.45) is 0 Å². The van der Waals surface area contributed by atoms with E-state index in [0.717, 1.165) is 52.9 Å². The molecule has 0 unspecified atom stereocenters. The first-order valence-corrected chi connectivity index (χ1v) is 13.1. The third kappa shape index (κ3) is 10.2. The van der Waals surface area contributed by atoms with Crippen LogP contribution in [0.5, 0.6) is 0 Å². The summed E-state index contributed by atoms with van der Waals surface area (Å²) < 4.78 is 11.0. The van der Waals surface area contributed by atoms with Crippen LogP contribution in [-0.4, -0.2) is 63.8 Å². The van der Waals surface area contributed by atoms with Gasteiger partial charge in [0.15, 0.2) is 0 Å². The maximum atomic E-state index is 12.3. The molecule has 0 aliphatic carbocycles. The number of rotatable bonds is 16. The molecule has 180 valence electrons. The Kier molecular flexibility index (Phi) is 13.1. The molecule has 2 aromatic heterocycles. The van der Waals surface area contributed by atoms with Crippen LogP contribution >= 0.6 is 34.3 Å². The molecule has 7 nitrogen and oxygen atoms in total. The van der Waals surface area contributed by atoms with Crippen molar-refractivity contribution >= 4 is 51.3 Å². The summed E-state index contributed by atoms with van der Waals surface area (Å²) in [6.07, 6.45) is 7.63. The quantitative estimate of drug-likeness (QED) is 0.151. The van der Waals surface area contributed by atoms with E-state index in [1.807, 2.05) is 26.2 Å². The number of nitrogens with zero attached hydrogens (tertiary/aromatic N) is 3. The average molecular weight is 511 g/mol. The Bertz CT molecular complexity index is 921. The van der Waals surface area contributed by atoms with Crippen LogP contribution in [0.4, 0.5) is 5.00 Å². The van der Waals surface area contributed by atoms with Crippen LogP contribution in [0, 0.1) is 11.3 Å². The number of ether oxygens (including phenoxy) is 2. The minimum atomic E-state index is -0.433. The molecule has 0 aliphatic heterocycles. The monoisotopic (exact) mass is 510 g/mol. The van der Waals surface area contributed by atoms with Gasteiger partial charge in [0.25, 0.3) is 5.91 Å². The number of aromatic nitrogens is 1. The normalized spacial score (nSPS) is 11.4. The van der Waals surface area contributed by atoms with E-state index in [2.05, 4.69) is 21.3 Å². The van der Waals surface area contributed by atoms with E-state index in [1.165, 1.54) is 17.4 Å². The molecule has 0 fully saturated rings. The highest BCUT2D eigenvalue weighted by atomic mass is 35.5. The van der Waals surface area contributed by atoms with Gasteiger partial charge in [0.1, 0.15) is 16.6 Å². The lowest BCUT2D eigenvalue weighted by molar-refractivity contribution is -0.117. The van der Waals surface area contributed by atoms with E-state index < -0.39 is 5.91 Å². The highest BCUT2D eigenvalue weighted by molar-refractivity contribution is 7.24. The van der Waals surface area contributed by atoms with Crippen LogP contribution in [0.2, 0.25) is 0 Å². The van der Waals surface area contributed by atoms with E-state index in [0.29, 0.717) is 31.4 Å². The Morgan fingerprint density at radius 1 is 1.12 bits per heavy atom. The number of halogens is 1. The van der Waals surface area contributed by atoms with E-state index in [9.17, 15) is 10.1 Å². The first-order chi connectivity index (χ1) is 16.0. The summed E-state index contributed by atoms with van der Waals surface area (Å²) in [4.78, 5) is 20.8. The molecule has 2 rings (SSSR count). The minimum absolute atomic E-state index is 0.0218. The number of amides is 1. The van der Waals surface area contributed by atoms with Crippen LogP contribution in [0.3, 0.4) is 0 Å². The van der Waals surface area contributed by atoms with E-state index in [-0.39, 0.29) is 5.57 Å². The van der Waals surface area contributed by atoms with Gasteiger partial charge in [-0.25, -0.2) is 4.98 Å². The molecule has 0 saturated carbocycles. The summed E-state index contributed by atoms with van der Waals surface area (Å²) in [5, 5.41) is 13.9. The predicted molar refractivity (Wildman–Crippen MR) is 137 cm³/mol. The molecule has 0 atom stereocenters. The minimum Gasteiger partial charge on any atom is -0.379 e. The largest absolute Gasteiger partial charge is 0.379 e. The Morgan fingerprint density at radius 2 is 1.88 bits per heavy atom. The summed E-state index contributed by atoms with van der Waals surface area (Å²) >= 11 is 8.76. The number of hydrogen-bond donors (Lipinski definition) is 1. The summed E-state index contributed by atoms with van der Waals surface area (Å²) in [5.41, 5.74) is 0.0218. The average Bonchev–Trinajstić information content (AvgIpc) is 3.48. The molecule has 2 heterocycles. The Balaban J connectivity index is 1.67. The lowest BCUT2D eigenvalue weighted by atomic mass is 10.2. The van der Waals surface area contributed by atoms with Gasteiger partial charge in [-0.1, -0.05) is 12.8 Å². The number of hydrogen-bond acceptors (Lipinski definition) is 8. The van der Waals surface area contributed by atoms with Crippen molar-refractivity contribution in [1.82, 2.24) is 10.3 Å². The van der Waals surface area contributed by atoms with Crippen molar-refractivity contribution in [3.63, 3.8) is 0 Å². The number of anilines is 1. The van der Waals surface area contributed by atoms with Gasteiger partial charge in [-0.15, -0.1) is 34.3 Å². The lowest BCUT2D eigenvalue weighted by Crippen LogP contribution is -2.28.